The summed E-state index contributed by atoms with van der Waals surface area (Å²) in [6.07, 6.45) is 3.72. The van der Waals surface area contributed by atoms with Gasteiger partial charge in [0, 0.05) is 11.6 Å². The van der Waals surface area contributed by atoms with Crippen LogP contribution in [-0.4, -0.2) is 19.6 Å². The third-order valence-corrected chi connectivity index (χ3v) is 4.18. The summed E-state index contributed by atoms with van der Waals surface area (Å²) >= 11 is 6.11. The second kappa shape index (κ2) is 7.22. The van der Waals surface area contributed by atoms with E-state index in [2.05, 4.69) is 10.6 Å². The molecule has 19 heavy (non-hydrogen) atoms. The first-order valence-electron chi connectivity index (χ1n) is 7.03. The summed E-state index contributed by atoms with van der Waals surface area (Å²) in [6.45, 7) is 5.62. The van der Waals surface area contributed by atoms with Crippen LogP contribution < -0.4 is 10.6 Å². The molecule has 0 unspecified atom stereocenters. The molecule has 106 valence electrons. The van der Waals surface area contributed by atoms with Gasteiger partial charge in [0.1, 0.15) is 5.82 Å². The highest BCUT2D eigenvalue weighted by molar-refractivity contribution is 6.31. The van der Waals surface area contributed by atoms with Crippen LogP contribution >= 0.6 is 11.6 Å². The molecule has 0 aromatic heterocycles. The monoisotopic (exact) mass is 284 g/mol. The highest BCUT2D eigenvalue weighted by Crippen LogP contribution is 2.20. The molecule has 4 heteroatoms. The first-order valence-corrected chi connectivity index (χ1v) is 7.40. The number of aryl methyl sites for hydroxylation is 1. The van der Waals surface area contributed by atoms with E-state index in [9.17, 15) is 4.39 Å². The van der Waals surface area contributed by atoms with Gasteiger partial charge in [0.2, 0.25) is 0 Å². The summed E-state index contributed by atoms with van der Waals surface area (Å²) in [6, 6.07) is 3.23. The molecule has 1 aliphatic heterocycles. The molecular formula is C15H22ClFN2. The SMILES string of the molecule is Cc1cc(Cl)c(CNCCC2CCNCC2)cc1F. The predicted octanol–water partition coefficient (Wildman–Crippen LogP) is 3.27. The first kappa shape index (κ1) is 14.8. The Morgan fingerprint density at radius 2 is 2.11 bits per heavy atom. The highest BCUT2D eigenvalue weighted by Gasteiger charge is 2.12. The lowest BCUT2D eigenvalue weighted by molar-refractivity contribution is 0.348. The van der Waals surface area contributed by atoms with E-state index in [0.29, 0.717) is 17.1 Å². The summed E-state index contributed by atoms with van der Waals surface area (Å²) in [5, 5.41) is 7.38. The molecule has 0 saturated carbocycles. The zero-order valence-electron chi connectivity index (χ0n) is 11.4. The van der Waals surface area contributed by atoms with Crippen molar-refractivity contribution >= 4 is 11.6 Å². The van der Waals surface area contributed by atoms with Gasteiger partial charge in [-0.05, 0) is 75.0 Å². The quantitative estimate of drug-likeness (QED) is 0.811. The van der Waals surface area contributed by atoms with Gasteiger partial charge in [-0.2, -0.15) is 0 Å². The first-order chi connectivity index (χ1) is 9.16. The van der Waals surface area contributed by atoms with Crippen molar-refractivity contribution in [1.29, 1.82) is 0 Å². The summed E-state index contributed by atoms with van der Waals surface area (Å²) in [4.78, 5) is 0. The van der Waals surface area contributed by atoms with E-state index in [4.69, 9.17) is 11.6 Å². The number of rotatable bonds is 5. The lowest BCUT2D eigenvalue weighted by Crippen LogP contribution is -2.29. The van der Waals surface area contributed by atoms with E-state index < -0.39 is 0 Å². The molecule has 0 radical (unpaired) electrons. The van der Waals surface area contributed by atoms with Gasteiger partial charge in [-0.25, -0.2) is 4.39 Å². The van der Waals surface area contributed by atoms with Crippen molar-refractivity contribution in [2.45, 2.75) is 32.7 Å². The normalized spacial score (nSPS) is 16.8. The van der Waals surface area contributed by atoms with E-state index in [1.54, 1.807) is 13.0 Å². The third kappa shape index (κ3) is 4.44. The fourth-order valence-electron chi connectivity index (χ4n) is 2.52. The maximum Gasteiger partial charge on any atom is 0.126 e. The molecule has 0 spiro atoms. The third-order valence-electron chi connectivity index (χ3n) is 3.83. The minimum absolute atomic E-state index is 0.181. The maximum absolute atomic E-state index is 13.5. The van der Waals surface area contributed by atoms with Crippen LogP contribution in [0.25, 0.3) is 0 Å². The fraction of sp³-hybridized carbons (Fsp3) is 0.600. The van der Waals surface area contributed by atoms with E-state index in [1.165, 1.54) is 25.3 Å². The van der Waals surface area contributed by atoms with Crippen LogP contribution in [0.3, 0.4) is 0 Å². The van der Waals surface area contributed by atoms with Crippen LogP contribution in [0.1, 0.15) is 30.4 Å². The van der Waals surface area contributed by atoms with Crippen molar-refractivity contribution in [3.8, 4) is 0 Å². The number of benzene rings is 1. The van der Waals surface area contributed by atoms with Crippen LogP contribution in [0, 0.1) is 18.7 Å². The van der Waals surface area contributed by atoms with E-state index >= 15 is 0 Å². The van der Waals surface area contributed by atoms with Gasteiger partial charge in [0.05, 0.1) is 0 Å². The van der Waals surface area contributed by atoms with Crippen LogP contribution in [0.5, 0.6) is 0 Å². The average molecular weight is 285 g/mol. The van der Waals surface area contributed by atoms with Gasteiger partial charge < -0.3 is 10.6 Å². The number of halogens is 2. The van der Waals surface area contributed by atoms with Gasteiger partial charge in [0.25, 0.3) is 0 Å². The Balaban J connectivity index is 1.74. The largest absolute Gasteiger partial charge is 0.317 e. The van der Waals surface area contributed by atoms with Gasteiger partial charge in [0.15, 0.2) is 0 Å². The number of piperidine rings is 1. The summed E-state index contributed by atoms with van der Waals surface area (Å²) in [5.41, 5.74) is 1.44. The highest BCUT2D eigenvalue weighted by atomic mass is 35.5. The van der Waals surface area contributed by atoms with Crippen LogP contribution in [0.15, 0.2) is 12.1 Å². The smallest absolute Gasteiger partial charge is 0.126 e. The molecule has 0 aliphatic carbocycles. The van der Waals surface area contributed by atoms with Crippen molar-refractivity contribution in [2.75, 3.05) is 19.6 Å². The molecule has 1 saturated heterocycles. The molecule has 0 amide bonds. The molecule has 1 aromatic carbocycles. The van der Waals surface area contributed by atoms with Crippen molar-refractivity contribution < 1.29 is 4.39 Å². The Morgan fingerprint density at radius 3 is 2.84 bits per heavy atom. The fourth-order valence-corrected chi connectivity index (χ4v) is 2.81. The number of nitrogens with one attached hydrogen (secondary N) is 2. The zero-order valence-corrected chi connectivity index (χ0v) is 12.2. The second-order valence-electron chi connectivity index (χ2n) is 5.35. The molecule has 1 heterocycles. The molecule has 1 aliphatic rings. The zero-order chi connectivity index (χ0) is 13.7. The van der Waals surface area contributed by atoms with E-state index in [1.807, 2.05) is 0 Å². The number of hydrogen-bond acceptors (Lipinski definition) is 2. The minimum atomic E-state index is -0.181. The Labute approximate surface area is 119 Å². The topological polar surface area (TPSA) is 24.1 Å². The van der Waals surface area contributed by atoms with Crippen LogP contribution in [-0.2, 0) is 6.54 Å². The standard InChI is InChI=1S/C15H22ClFN2/c1-11-8-14(16)13(9-15(11)17)10-19-7-4-12-2-5-18-6-3-12/h8-9,12,18-19H,2-7,10H2,1H3. The molecule has 1 fully saturated rings. The summed E-state index contributed by atoms with van der Waals surface area (Å²) < 4.78 is 13.5. The molecular weight excluding hydrogens is 263 g/mol. The van der Waals surface area contributed by atoms with Gasteiger partial charge in [-0.15, -0.1) is 0 Å². The van der Waals surface area contributed by atoms with Crippen molar-refractivity contribution in [1.82, 2.24) is 10.6 Å². The molecule has 1 aromatic rings. The van der Waals surface area contributed by atoms with Crippen molar-refractivity contribution in [3.05, 3.63) is 34.1 Å². The summed E-state index contributed by atoms with van der Waals surface area (Å²) in [7, 11) is 0. The van der Waals surface area contributed by atoms with Gasteiger partial charge >= 0.3 is 0 Å². The Kier molecular flexibility index (Phi) is 5.61. The predicted molar refractivity (Wildman–Crippen MR) is 78.1 cm³/mol. The summed E-state index contributed by atoms with van der Waals surface area (Å²) in [5.74, 6) is 0.638. The lowest BCUT2D eigenvalue weighted by atomic mass is 9.95. The maximum atomic E-state index is 13.5. The van der Waals surface area contributed by atoms with Gasteiger partial charge in [-0.1, -0.05) is 11.6 Å². The molecule has 0 bridgehead atoms. The van der Waals surface area contributed by atoms with Crippen LogP contribution in [0.4, 0.5) is 4.39 Å². The minimum Gasteiger partial charge on any atom is -0.317 e. The molecule has 2 nitrogen and oxygen atoms in total. The van der Waals surface area contributed by atoms with E-state index in [-0.39, 0.29) is 5.82 Å². The Bertz CT molecular complexity index is 417. The average Bonchev–Trinajstić information content (AvgIpc) is 2.41. The Hall–Kier alpha value is -0.640. The van der Waals surface area contributed by atoms with E-state index in [0.717, 1.165) is 31.1 Å². The lowest BCUT2D eigenvalue weighted by Gasteiger charge is -2.22. The molecule has 2 N–H and O–H groups in total. The van der Waals surface area contributed by atoms with Crippen LogP contribution in [0.2, 0.25) is 5.02 Å². The molecule has 0 atom stereocenters. The van der Waals surface area contributed by atoms with Crippen molar-refractivity contribution in [3.63, 3.8) is 0 Å². The van der Waals surface area contributed by atoms with Gasteiger partial charge in [-0.3, -0.25) is 0 Å². The second-order valence-corrected chi connectivity index (χ2v) is 5.76. The number of hydrogen-bond donors (Lipinski definition) is 2. The van der Waals surface area contributed by atoms with Crippen molar-refractivity contribution in [2.24, 2.45) is 5.92 Å². The molecule has 2 rings (SSSR count). The Morgan fingerprint density at radius 1 is 1.37 bits per heavy atom.